The molecule has 0 spiro atoms. The molecule has 5 heteroatoms. The fraction of sp³-hybridized carbons (Fsp3) is 0.188. The number of carbonyl (C=O) groups is 1. The normalized spacial score (nSPS) is 10.2. The average molecular weight is 306 g/mol. The minimum Gasteiger partial charge on any atom is -0.465 e. The molecule has 0 aromatic heterocycles. The van der Waals surface area contributed by atoms with Crippen molar-refractivity contribution in [1.29, 1.82) is 0 Å². The minimum absolute atomic E-state index is 0.196. The van der Waals surface area contributed by atoms with Gasteiger partial charge in [0.15, 0.2) is 5.75 Å². The van der Waals surface area contributed by atoms with Crippen molar-refractivity contribution in [3.8, 4) is 11.5 Å². The van der Waals surface area contributed by atoms with Gasteiger partial charge in [0, 0.05) is 5.69 Å². The number of ether oxygens (including phenoxy) is 2. The maximum absolute atomic E-state index is 11.8. The molecule has 2 N–H and O–H groups in total. The first kappa shape index (κ1) is 15.2. The Hall–Kier alpha value is -2.20. The summed E-state index contributed by atoms with van der Waals surface area (Å²) in [6, 6.07) is 10.6. The van der Waals surface area contributed by atoms with Crippen molar-refractivity contribution in [3.63, 3.8) is 0 Å². The van der Waals surface area contributed by atoms with E-state index in [1.807, 2.05) is 24.3 Å². The third-order valence-corrected chi connectivity index (χ3v) is 3.30. The van der Waals surface area contributed by atoms with Crippen molar-refractivity contribution in [2.24, 2.45) is 0 Å². The quantitative estimate of drug-likeness (QED) is 0.683. The van der Waals surface area contributed by atoms with Crippen molar-refractivity contribution in [2.75, 3.05) is 12.8 Å². The largest absolute Gasteiger partial charge is 0.465 e. The number of benzene rings is 2. The molecule has 0 amide bonds. The van der Waals surface area contributed by atoms with Gasteiger partial charge in [0.05, 0.1) is 12.1 Å². The Morgan fingerprint density at radius 2 is 1.90 bits per heavy atom. The highest BCUT2D eigenvalue weighted by atomic mass is 35.5. The maximum atomic E-state index is 11.8. The van der Waals surface area contributed by atoms with Gasteiger partial charge in [0.2, 0.25) is 0 Å². The molecular formula is C16H16ClNO3. The molecule has 2 aromatic rings. The Morgan fingerprint density at radius 1 is 1.24 bits per heavy atom. The molecule has 0 aliphatic heterocycles. The number of nitrogens with two attached hydrogens (primary N) is 1. The molecule has 0 radical (unpaired) electrons. The van der Waals surface area contributed by atoms with Crippen LogP contribution in [0.25, 0.3) is 0 Å². The molecule has 0 saturated heterocycles. The lowest BCUT2D eigenvalue weighted by molar-refractivity contribution is 0.0598. The Labute approximate surface area is 128 Å². The maximum Gasteiger partial charge on any atom is 0.341 e. The van der Waals surface area contributed by atoms with Gasteiger partial charge >= 0.3 is 5.97 Å². The van der Waals surface area contributed by atoms with Crippen LogP contribution in [0.4, 0.5) is 5.69 Å². The predicted molar refractivity (Wildman–Crippen MR) is 83.1 cm³/mol. The van der Waals surface area contributed by atoms with Gasteiger partial charge < -0.3 is 15.2 Å². The Bertz CT molecular complexity index is 653. The van der Waals surface area contributed by atoms with Crippen LogP contribution in [-0.4, -0.2) is 13.1 Å². The number of aryl methyl sites for hydroxylation is 1. The molecule has 0 fully saturated rings. The first-order valence-corrected chi connectivity index (χ1v) is 6.87. The fourth-order valence-corrected chi connectivity index (χ4v) is 2.16. The zero-order chi connectivity index (χ0) is 15.4. The molecule has 0 aliphatic carbocycles. The number of hydrogen-bond acceptors (Lipinski definition) is 4. The number of methoxy groups -OCH3 is 1. The van der Waals surface area contributed by atoms with E-state index in [1.54, 1.807) is 0 Å². The standard InChI is InChI=1S/C16H16ClNO3/c1-3-10-4-6-12(7-5-10)21-15-13(16(19)20-2)8-11(18)9-14(15)17/h4-9H,3,18H2,1-2H3. The van der Waals surface area contributed by atoms with Gasteiger partial charge in [-0.05, 0) is 36.2 Å². The predicted octanol–water partition coefficient (Wildman–Crippen LogP) is 4.06. The summed E-state index contributed by atoms with van der Waals surface area (Å²) in [5.74, 6) is 0.273. The van der Waals surface area contributed by atoms with E-state index in [0.29, 0.717) is 11.4 Å². The number of esters is 1. The second-order valence-corrected chi connectivity index (χ2v) is 4.88. The molecule has 21 heavy (non-hydrogen) atoms. The topological polar surface area (TPSA) is 61.5 Å². The van der Waals surface area contributed by atoms with Crippen molar-refractivity contribution in [2.45, 2.75) is 13.3 Å². The van der Waals surface area contributed by atoms with Crippen molar-refractivity contribution in [3.05, 3.63) is 52.5 Å². The van der Waals surface area contributed by atoms with E-state index in [0.717, 1.165) is 6.42 Å². The highest BCUT2D eigenvalue weighted by Gasteiger charge is 2.18. The highest BCUT2D eigenvalue weighted by Crippen LogP contribution is 2.35. The number of hydrogen-bond donors (Lipinski definition) is 1. The van der Waals surface area contributed by atoms with E-state index in [4.69, 9.17) is 26.8 Å². The lowest BCUT2D eigenvalue weighted by Gasteiger charge is -2.13. The van der Waals surface area contributed by atoms with Crippen molar-refractivity contribution >= 4 is 23.3 Å². The number of carbonyl (C=O) groups excluding carboxylic acids is 1. The summed E-state index contributed by atoms with van der Waals surface area (Å²) in [6.07, 6.45) is 0.941. The summed E-state index contributed by atoms with van der Waals surface area (Å²) in [6.45, 7) is 2.07. The van der Waals surface area contributed by atoms with Crippen LogP contribution < -0.4 is 10.5 Å². The number of halogens is 1. The van der Waals surface area contributed by atoms with Crippen LogP contribution in [-0.2, 0) is 11.2 Å². The summed E-state index contributed by atoms with van der Waals surface area (Å²) in [5.41, 5.74) is 7.46. The van der Waals surface area contributed by atoms with Gasteiger partial charge in [0.1, 0.15) is 11.3 Å². The lowest BCUT2D eigenvalue weighted by Crippen LogP contribution is -2.05. The van der Waals surface area contributed by atoms with E-state index >= 15 is 0 Å². The fourth-order valence-electron chi connectivity index (χ4n) is 1.89. The van der Waals surface area contributed by atoms with Crippen LogP contribution in [0.1, 0.15) is 22.8 Å². The smallest absolute Gasteiger partial charge is 0.341 e. The molecule has 0 bridgehead atoms. The number of rotatable bonds is 4. The number of anilines is 1. The van der Waals surface area contributed by atoms with E-state index < -0.39 is 5.97 Å². The molecule has 2 rings (SSSR count). The highest BCUT2D eigenvalue weighted by molar-refractivity contribution is 6.33. The van der Waals surface area contributed by atoms with Crippen molar-refractivity contribution < 1.29 is 14.3 Å². The Morgan fingerprint density at radius 3 is 2.48 bits per heavy atom. The van der Waals surface area contributed by atoms with Crippen LogP contribution in [0.5, 0.6) is 11.5 Å². The van der Waals surface area contributed by atoms with Gasteiger partial charge in [-0.3, -0.25) is 0 Å². The monoisotopic (exact) mass is 305 g/mol. The molecule has 110 valence electrons. The molecule has 0 heterocycles. The van der Waals surface area contributed by atoms with Gasteiger partial charge in [-0.1, -0.05) is 30.7 Å². The summed E-state index contributed by atoms with van der Waals surface area (Å²) in [5, 5.41) is 0.259. The average Bonchev–Trinajstić information content (AvgIpc) is 2.49. The molecule has 0 unspecified atom stereocenters. The lowest BCUT2D eigenvalue weighted by atomic mass is 10.1. The second kappa shape index (κ2) is 6.50. The van der Waals surface area contributed by atoms with E-state index in [2.05, 4.69) is 6.92 Å². The van der Waals surface area contributed by atoms with Crippen LogP contribution in [0.2, 0.25) is 5.02 Å². The molecule has 0 atom stereocenters. The SMILES string of the molecule is CCc1ccc(Oc2c(Cl)cc(N)cc2C(=O)OC)cc1. The zero-order valence-corrected chi connectivity index (χ0v) is 12.6. The van der Waals surface area contributed by atoms with Crippen LogP contribution in [0.15, 0.2) is 36.4 Å². The third-order valence-electron chi connectivity index (χ3n) is 3.02. The summed E-state index contributed by atoms with van der Waals surface area (Å²) >= 11 is 6.13. The van der Waals surface area contributed by atoms with Crippen LogP contribution in [0, 0.1) is 0 Å². The number of nitrogen functional groups attached to an aromatic ring is 1. The van der Waals surface area contributed by atoms with Crippen LogP contribution >= 0.6 is 11.6 Å². The minimum atomic E-state index is -0.552. The summed E-state index contributed by atoms with van der Waals surface area (Å²) in [4.78, 5) is 11.8. The Balaban J connectivity index is 2.39. The molecular weight excluding hydrogens is 290 g/mol. The first-order chi connectivity index (χ1) is 10.0. The second-order valence-electron chi connectivity index (χ2n) is 4.47. The van der Waals surface area contributed by atoms with Gasteiger partial charge in [-0.25, -0.2) is 4.79 Å². The van der Waals surface area contributed by atoms with E-state index in [1.165, 1.54) is 24.8 Å². The molecule has 0 aliphatic rings. The first-order valence-electron chi connectivity index (χ1n) is 6.49. The van der Waals surface area contributed by atoms with Crippen molar-refractivity contribution in [1.82, 2.24) is 0 Å². The summed E-state index contributed by atoms with van der Waals surface area (Å²) < 4.78 is 10.5. The Kier molecular flexibility index (Phi) is 4.70. The van der Waals surface area contributed by atoms with Gasteiger partial charge in [0.25, 0.3) is 0 Å². The molecule has 0 saturated carbocycles. The molecule has 4 nitrogen and oxygen atoms in total. The third kappa shape index (κ3) is 3.47. The van der Waals surface area contributed by atoms with Gasteiger partial charge in [-0.2, -0.15) is 0 Å². The van der Waals surface area contributed by atoms with Gasteiger partial charge in [-0.15, -0.1) is 0 Å². The van der Waals surface area contributed by atoms with E-state index in [9.17, 15) is 4.79 Å². The molecule has 2 aromatic carbocycles. The summed E-state index contributed by atoms with van der Waals surface area (Å²) in [7, 11) is 1.29. The van der Waals surface area contributed by atoms with Crippen LogP contribution in [0.3, 0.4) is 0 Å². The van der Waals surface area contributed by atoms with E-state index in [-0.39, 0.29) is 16.3 Å². The zero-order valence-electron chi connectivity index (χ0n) is 11.9.